The van der Waals surface area contributed by atoms with Crippen LogP contribution in [-0.2, 0) is 16.6 Å². The number of carbonyl (C=O) groups is 2. The van der Waals surface area contributed by atoms with Gasteiger partial charge in [0.05, 0.1) is 40.0 Å². The molecule has 6 rings (SSSR count). The minimum Gasteiger partial charge on any atom is -0.479 e. The van der Waals surface area contributed by atoms with E-state index in [1.165, 1.54) is 11.3 Å². The van der Waals surface area contributed by atoms with E-state index in [1.54, 1.807) is 33.3 Å². The second-order valence-electron chi connectivity index (χ2n) is 13.0. The largest absolute Gasteiger partial charge is 0.479 e. The van der Waals surface area contributed by atoms with Crippen LogP contribution in [0.15, 0.2) is 48.5 Å². The molecule has 3 heterocycles. The fourth-order valence-electron chi connectivity index (χ4n) is 5.74. The number of carbonyl (C=O) groups excluding carboxylic acids is 1. The van der Waals surface area contributed by atoms with Gasteiger partial charge in [-0.3, -0.25) is 0 Å². The molecule has 2 amide bonds. The highest BCUT2D eigenvalue weighted by Crippen LogP contribution is 2.45. The number of hydrogen-bond donors (Lipinski definition) is 1. The Bertz CT molecular complexity index is 2050. The number of rotatable bonds is 6. The molecule has 0 saturated heterocycles. The first-order valence-electron chi connectivity index (χ1n) is 14.6. The van der Waals surface area contributed by atoms with Crippen LogP contribution in [0.1, 0.15) is 51.8 Å². The van der Waals surface area contributed by atoms with Gasteiger partial charge in [0.1, 0.15) is 10.5 Å². The van der Waals surface area contributed by atoms with Crippen LogP contribution in [0.5, 0.6) is 0 Å². The van der Waals surface area contributed by atoms with E-state index in [0.717, 1.165) is 48.4 Å². The van der Waals surface area contributed by atoms with Crippen LogP contribution < -0.4 is 0 Å². The SMILES string of the molecule is Cc1cc2nc(-c3ccc4c(c3)c([N+]3=CC(C)(C)N(C)C3=O)nn4C)sc2c(-c2ccc(Cl)cc2)c1[C@H](OC(C)(C)C)C(=O)O. The average Bonchev–Trinajstić information content (AvgIpc) is 3.59. The number of urea groups is 1. The molecule has 1 aliphatic heterocycles. The molecule has 1 N–H and O–H groups in total. The van der Waals surface area contributed by atoms with Crippen molar-refractivity contribution in [1.29, 1.82) is 0 Å². The van der Waals surface area contributed by atoms with Crippen LogP contribution in [0.4, 0.5) is 10.6 Å². The van der Waals surface area contributed by atoms with E-state index in [0.29, 0.717) is 16.4 Å². The van der Waals surface area contributed by atoms with Gasteiger partial charge in [-0.25, -0.2) is 24.2 Å². The Kier molecular flexibility index (Phi) is 7.38. The van der Waals surface area contributed by atoms with Crippen LogP contribution in [0.2, 0.25) is 5.02 Å². The maximum Gasteiger partial charge on any atom is 0.443 e. The summed E-state index contributed by atoms with van der Waals surface area (Å²) in [5.41, 5.74) is 4.27. The molecule has 9 nitrogen and oxygen atoms in total. The lowest BCUT2D eigenvalue weighted by molar-refractivity contribution is -0.330. The Morgan fingerprint density at radius 2 is 1.76 bits per heavy atom. The Morgan fingerprint density at radius 3 is 2.36 bits per heavy atom. The second-order valence-corrected chi connectivity index (χ2v) is 14.4. The maximum atomic E-state index is 13.2. The van der Waals surface area contributed by atoms with Crippen LogP contribution in [0, 0.1) is 6.92 Å². The lowest BCUT2D eigenvalue weighted by Gasteiger charge is -2.28. The number of aryl methyl sites for hydroxylation is 2. The number of halogens is 1. The van der Waals surface area contributed by atoms with Crippen LogP contribution in [0.25, 0.3) is 42.8 Å². The molecule has 0 spiro atoms. The lowest BCUT2D eigenvalue weighted by atomic mass is 9.91. The van der Waals surface area contributed by atoms with Crippen molar-refractivity contribution >= 4 is 68.1 Å². The van der Waals surface area contributed by atoms with Crippen molar-refractivity contribution < 1.29 is 24.0 Å². The van der Waals surface area contributed by atoms with E-state index in [2.05, 4.69) is 0 Å². The highest BCUT2D eigenvalue weighted by Gasteiger charge is 2.44. The summed E-state index contributed by atoms with van der Waals surface area (Å²) in [7, 11) is 3.65. The number of carboxylic acid groups (broad SMARTS) is 1. The first kappa shape index (κ1) is 30.9. The second kappa shape index (κ2) is 10.8. The van der Waals surface area contributed by atoms with Gasteiger partial charge in [-0.2, -0.15) is 4.58 Å². The van der Waals surface area contributed by atoms with Gasteiger partial charge >= 0.3 is 17.8 Å². The quantitative estimate of drug-likeness (QED) is 0.188. The van der Waals surface area contributed by atoms with Gasteiger partial charge in [-0.15, -0.1) is 11.3 Å². The fourth-order valence-corrected chi connectivity index (χ4v) is 6.98. The summed E-state index contributed by atoms with van der Waals surface area (Å²) >= 11 is 7.73. The van der Waals surface area contributed by atoms with Crippen LogP contribution in [-0.4, -0.2) is 65.7 Å². The van der Waals surface area contributed by atoms with E-state index in [1.807, 2.05) is 91.2 Å². The van der Waals surface area contributed by atoms with Gasteiger partial charge in [-0.05, 0) is 94.2 Å². The number of aromatic nitrogens is 3. The van der Waals surface area contributed by atoms with Crippen molar-refractivity contribution in [2.45, 2.75) is 58.8 Å². The molecule has 232 valence electrons. The summed E-state index contributed by atoms with van der Waals surface area (Å²) in [6, 6.07) is 15.2. The van der Waals surface area contributed by atoms with Gasteiger partial charge in [-0.1, -0.05) is 23.7 Å². The van der Waals surface area contributed by atoms with E-state index in [4.69, 9.17) is 26.4 Å². The number of aliphatic carboxylic acids is 1. The summed E-state index contributed by atoms with van der Waals surface area (Å²) in [6.07, 6.45) is 0.694. The summed E-state index contributed by atoms with van der Waals surface area (Å²) in [4.78, 5) is 32.6. The average molecular weight is 645 g/mol. The zero-order valence-corrected chi connectivity index (χ0v) is 28.0. The third-order valence-electron chi connectivity index (χ3n) is 8.13. The molecule has 0 aliphatic carbocycles. The lowest BCUT2D eigenvalue weighted by Crippen LogP contribution is -2.39. The van der Waals surface area contributed by atoms with Crippen molar-refractivity contribution in [1.82, 2.24) is 19.7 Å². The van der Waals surface area contributed by atoms with Crippen molar-refractivity contribution in [3.63, 3.8) is 0 Å². The van der Waals surface area contributed by atoms with Crippen molar-refractivity contribution in [2.75, 3.05) is 7.05 Å². The fraction of sp³-hybridized carbons (Fsp3) is 0.324. The molecule has 0 unspecified atom stereocenters. The summed E-state index contributed by atoms with van der Waals surface area (Å²) in [5, 5.41) is 17.2. The number of thiazole rings is 1. The van der Waals surface area contributed by atoms with Crippen LogP contribution >= 0.6 is 22.9 Å². The molecule has 3 aromatic carbocycles. The smallest absolute Gasteiger partial charge is 0.443 e. The molecule has 1 atom stereocenters. The Morgan fingerprint density at radius 1 is 1.09 bits per heavy atom. The molecule has 0 bridgehead atoms. The number of amides is 2. The number of carboxylic acids is 1. The Balaban J connectivity index is 1.57. The number of nitrogens with zero attached hydrogens (tertiary/aromatic N) is 5. The summed E-state index contributed by atoms with van der Waals surface area (Å²) in [6.45, 7) is 11.4. The minimum atomic E-state index is -1.20. The molecule has 0 radical (unpaired) electrons. The van der Waals surface area contributed by atoms with Gasteiger partial charge in [0.25, 0.3) is 0 Å². The zero-order valence-electron chi connectivity index (χ0n) is 26.5. The number of ether oxygens (including phenoxy) is 1. The van der Waals surface area contributed by atoms with Crippen LogP contribution in [0.3, 0.4) is 0 Å². The van der Waals surface area contributed by atoms with Crippen molar-refractivity contribution in [3.8, 4) is 21.7 Å². The topological polar surface area (TPSA) is 101 Å². The first-order valence-corrected chi connectivity index (χ1v) is 15.8. The molecule has 5 aromatic rings. The molecule has 11 heteroatoms. The highest BCUT2D eigenvalue weighted by molar-refractivity contribution is 7.22. The van der Waals surface area contributed by atoms with Gasteiger partial charge < -0.3 is 9.84 Å². The monoisotopic (exact) mass is 644 g/mol. The number of fused-ring (bicyclic) bond motifs is 2. The normalized spacial score (nSPS) is 15.7. The Labute approximate surface area is 270 Å². The van der Waals surface area contributed by atoms with E-state index in [9.17, 15) is 14.7 Å². The predicted octanol–water partition coefficient (Wildman–Crippen LogP) is 7.98. The molecular weight excluding hydrogens is 610 g/mol. The van der Waals surface area contributed by atoms with Crippen molar-refractivity contribution in [3.05, 3.63) is 64.7 Å². The summed E-state index contributed by atoms with van der Waals surface area (Å²) in [5.74, 6) is -0.509. The zero-order chi connectivity index (χ0) is 32.6. The molecule has 0 saturated carbocycles. The third kappa shape index (κ3) is 5.41. The van der Waals surface area contributed by atoms with E-state index in [-0.39, 0.29) is 6.03 Å². The third-order valence-corrected chi connectivity index (χ3v) is 9.52. The van der Waals surface area contributed by atoms with Gasteiger partial charge in [0, 0.05) is 28.8 Å². The molecule has 45 heavy (non-hydrogen) atoms. The minimum absolute atomic E-state index is 0.147. The standard InChI is InChI=1S/C34H34ClN5O4S/c1-18-15-23-28(26(19-9-12-21(35)13-10-19)25(18)27(31(41)42)44-33(2,3)4)45-30(36-23)20-11-14-24-22(16-20)29(37-39(24)8)40-17-34(5,6)38(7)32(40)43/h9-17,27H,1-8H3/p+1/t27-/m0/s1. The summed E-state index contributed by atoms with van der Waals surface area (Å²) < 4.78 is 10.4. The maximum absolute atomic E-state index is 13.2. The number of hydrogen-bond acceptors (Lipinski definition) is 6. The molecule has 1 aliphatic rings. The van der Waals surface area contributed by atoms with E-state index >= 15 is 0 Å². The molecular formula is C34H35ClN5O4S+. The van der Waals surface area contributed by atoms with Crippen molar-refractivity contribution in [2.24, 2.45) is 7.05 Å². The van der Waals surface area contributed by atoms with Gasteiger partial charge in [0.2, 0.25) is 0 Å². The Hall–Kier alpha value is -4.12. The first-order chi connectivity index (χ1) is 21.1. The molecule has 2 aromatic heterocycles. The number of benzene rings is 3. The molecule has 0 fully saturated rings. The predicted molar refractivity (Wildman–Crippen MR) is 179 cm³/mol. The van der Waals surface area contributed by atoms with E-state index < -0.39 is 23.2 Å². The van der Waals surface area contributed by atoms with Gasteiger partial charge in [0.15, 0.2) is 6.10 Å². The highest BCUT2D eigenvalue weighted by atomic mass is 35.5.